The van der Waals surface area contributed by atoms with Crippen LogP contribution in [0.5, 0.6) is 0 Å². The minimum absolute atomic E-state index is 0.0208. The van der Waals surface area contributed by atoms with Crippen LogP contribution in [-0.2, 0) is 60.7 Å². The van der Waals surface area contributed by atoms with Crippen LogP contribution < -0.4 is 15.5 Å². The third-order valence-corrected chi connectivity index (χ3v) is 14.7. The summed E-state index contributed by atoms with van der Waals surface area (Å²) in [6, 6.07) is 7.28. The molecule has 23 nitrogen and oxygen atoms in total. The van der Waals surface area contributed by atoms with Crippen molar-refractivity contribution < 1.29 is 90.6 Å². The zero-order valence-corrected chi connectivity index (χ0v) is 41.0. The summed E-state index contributed by atoms with van der Waals surface area (Å²) < 4.78 is 138. The number of benzene rings is 2. The number of nitrogens with zero attached hydrogens (tertiary/aromatic N) is 2. The summed E-state index contributed by atoms with van der Waals surface area (Å²) >= 11 is 0.640. The summed E-state index contributed by atoms with van der Waals surface area (Å²) in [6.45, 7) is 4.45. The van der Waals surface area contributed by atoms with Crippen molar-refractivity contribution in [3.8, 4) is 0 Å². The van der Waals surface area contributed by atoms with E-state index in [1.165, 1.54) is 18.2 Å². The van der Waals surface area contributed by atoms with Crippen molar-refractivity contribution in [2.75, 3.05) is 59.8 Å². The van der Waals surface area contributed by atoms with Gasteiger partial charge in [0.15, 0.2) is 5.71 Å². The first kappa shape index (κ1) is 56.0. The largest absolute Gasteiger partial charge is 0.478 e. The quantitative estimate of drug-likeness (QED) is 0.0128. The number of amides is 2. The van der Waals surface area contributed by atoms with E-state index in [1.54, 1.807) is 72.8 Å². The van der Waals surface area contributed by atoms with Gasteiger partial charge in [-0.25, -0.2) is 10.1 Å². The lowest BCUT2D eigenvalue weighted by Crippen LogP contribution is -2.33. The van der Waals surface area contributed by atoms with Gasteiger partial charge in [-0.1, -0.05) is 29.3 Å². The van der Waals surface area contributed by atoms with E-state index in [9.17, 15) is 71.4 Å². The standard InChI is InChI=1S/C40H52N4O19S5/c1-39(2)32(43(18-9-22-66(53,54)55)30-12-7-11-28(34(30)39)38(47)48)13-5-4-6-14-33-40(3,15-8-21-65(50,51)52)35-29(37(46)42-17-24-68(59,60)61)25-27(36(45)41-16-20-64-63-62-49)26-31(35)44(33)19-10-23-67(56,57)58/h4-7,11-14,25-26H,8-10,15-24H2,1-3H3,(H7-,41,42,45,46,47,48,49,50,51,52,53,54,55,56,57,58,59,60,61)/p+1. The molecule has 0 saturated carbocycles. The van der Waals surface area contributed by atoms with Crippen LogP contribution in [0.4, 0.5) is 11.4 Å². The summed E-state index contributed by atoms with van der Waals surface area (Å²) in [5.41, 5.74) is -0.491. The van der Waals surface area contributed by atoms with Crippen LogP contribution in [0.1, 0.15) is 88.7 Å². The summed E-state index contributed by atoms with van der Waals surface area (Å²) in [5.74, 6) is -5.69. The molecule has 2 aliphatic heterocycles. The van der Waals surface area contributed by atoms with Gasteiger partial charge in [-0.15, -0.1) is 4.33 Å². The van der Waals surface area contributed by atoms with Crippen molar-refractivity contribution in [2.24, 2.45) is 0 Å². The lowest BCUT2D eigenvalue weighted by atomic mass is 9.75. The Kier molecular flexibility index (Phi) is 18.8. The molecule has 68 heavy (non-hydrogen) atoms. The fraction of sp³-hybridized carbons (Fsp3) is 0.450. The molecule has 2 aliphatic rings. The zero-order valence-electron chi connectivity index (χ0n) is 36.9. The van der Waals surface area contributed by atoms with Crippen LogP contribution in [0.25, 0.3) is 0 Å². The number of anilines is 1. The van der Waals surface area contributed by atoms with Gasteiger partial charge in [-0.05, 0) is 64.3 Å². The molecule has 8 N–H and O–H groups in total. The zero-order chi connectivity index (χ0) is 50.9. The van der Waals surface area contributed by atoms with Gasteiger partial charge < -0.3 is 20.6 Å². The van der Waals surface area contributed by atoms with Crippen molar-refractivity contribution in [3.63, 3.8) is 0 Å². The Morgan fingerprint density at radius 2 is 1.38 bits per heavy atom. The third-order valence-electron chi connectivity index (χ3n) is 11.0. The minimum atomic E-state index is -4.56. The fourth-order valence-electron chi connectivity index (χ4n) is 8.32. The molecule has 0 fully saturated rings. The van der Waals surface area contributed by atoms with Crippen LogP contribution in [-0.4, -0.2) is 145 Å². The van der Waals surface area contributed by atoms with Crippen LogP contribution in [0, 0.1) is 0 Å². The number of carboxylic acid groups (broad SMARTS) is 1. The average molecular weight is 1050 g/mol. The Bertz CT molecular complexity index is 2840. The van der Waals surface area contributed by atoms with Crippen LogP contribution in [0.3, 0.4) is 0 Å². The number of nitrogens with one attached hydrogen (secondary N) is 2. The predicted molar refractivity (Wildman–Crippen MR) is 250 cm³/mol. The van der Waals surface area contributed by atoms with E-state index in [2.05, 4.69) is 20.0 Å². The molecule has 28 heteroatoms. The first-order valence-corrected chi connectivity index (χ1v) is 27.9. The highest BCUT2D eigenvalue weighted by Gasteiger charge is 2.48. The lowest BCUT2D eigenvalue weighted by Gasteiger charge is -2.31. The second-order valence-corrected chi connectivity index (χ2v) is 23.4. The highest BCUT2D eigenvalue weighted by atomic mass is 32.2. The monoisotopic (exact) mass is 1050 g/mol. The van der Waals surface area contributed by atoms with Gasteiger partial charge in [-0.3, -0.25) is 27.8 Å². The molecule has 4 rings (SSSR count). The van der Waals surface area contributed by atoms with Gasteiger partial charge >= 0.3 is 5.97 Å². The molecule has 1 atom stereocenters. The fourth-order valence-corrected chi connectivity index (χ4v) is 10.5. The summed E-state index contributed by atoms with van der Waals surface area (Å²) in [7, 11) is -17.9. The minimum Gasteiger partial charge on any atom is -0.478 e. The van der Waals surface area contributed by atoms with Crippen molar-refractivity contribution >= 4 is 87.4 Å². The van der Waals surface area contributed by atoms with Gasteiger partial charge in [0.05, 0.1) is 39.6 Å². The summed E-state index contributed by atoms with van der Waals surface area (Å²) in [5, 5.41) is 27.0. The van der Waals surface area contributed by atoms with Gasteiger partial charge in [0.1, 0.15) is 6.54 Å². The molecule has 2 aromatic carbocycles. The number of aromatic carboxylic acids is 1. The van der Waals surface area contributed by atoms with E-state index in [1.807, 2.05) is 0 Å². The first-order valence-electron chi connectivity index (χ1n) is 20.5. The maximum Gasteiger partial charge on any atom is 0.336 e. The Balaban J connectivity index is 1.93. The van der Waals surface area contributed by atoms with Crippen molar-refractivity contribution in [3.05, 3.63) is 94.2 Å². The van der Waals surface area contributed by atoms with E-state index in [-0.39, 0.29) is 79.0 Å². The number of carboxylic acids is 1. The molecule has 376 valence electrons. The maximum absolute atomic E-state index is 14.1. The number of carbonyl (C=O) groups excluding carboxylic acids is 2. The predicted octanol–water partition coefficient (Wildman–Crippen LogP) is 3.18. The topological polar surface area (TPSA) is 358 Å². The number of hydrogen-bond donors (Lipinski definition) is 8. The number of carbonyl (C=O) groups is 3. The van der Waals surface area contributed by atoms with Crippen LogP contribution in [0.15, 0.2) is 66.4 Å². The smallest absolute Gasteiger partial charge is 0.336 e. The Morgan fingerprint density at radius 1 is 0.765 bits per heavy atom. The number of rotatable bonds is 26. The molecule has 0 aliphatic carbocycles. The Labute approximate surface area is 398 Å². The number of allylic oxidation sites excluding steroid dienone is 6. The van der Waals surface area contributed by atoms with Crippen molar-refractivity contribution in [2.45, 2.75) is 57.3 Å². The van der Waals surface area contributed by atoms with E-state index in [0.717, 1.165) is 0 Å². The van der Waals surface area contributed by atoms with Gasteiger partial charge in [0, 0.05) is 89.5 Å². The Hall–Kier alpha value is -4.59. The summed E-state index contributed by atoms with van der Waals surface area (Å²) in [4.78, 5) is 41.6. The highest BCUT2D eigenvalue weighted by molar-refractivity contribution is 7.94. The number of fused-ring (bicyclic) bond motifs is 2. The van der Waals surface area contributed by atoms with E-state index >= 15 is 0 Å². The molecule has 0 aromatic heterocycles. The van der Waals surface area contributed by atoms with E-state index < -0.39 is 98.6 Å². The van der Waals surface area contributed by atoms with Crippen molar-refractivity contribution in [1.82, 2.24) is 10.6 Å². The molecule has 0 spiro atoms. The highest BCUT2D eigenvalue weighted by Crippen LogP contribution is 2.53. The Morgan fingerprint density at radius 3 is 2.00 bits per heavy atom. The van der Waals surface area contributed by atoms with Gasteiger partial charge in [0.25, 0.3) is 52.3 Å². The molecule has 2 amide bonds. The average Bonchev–Trinajstić information content (AvgIpc) is 3.57. The molecular weight excluding hydrogens is 1000 g/mol. The maximum atomic E-state index is 14.1. The molecule has 0 radical (unpaired) electrons. The molecule has 0 saturated heterocycles. The summed E-state index contributed by atoms with van der Waals surface area (Å²) in [6.07, 6.45) is 7.39. The van der Waals surface area contributed by atoms with Gasteiger partial charge in [0.2, 0.25) is 5.69 Å². The second kappa shape index (κ2) is 22.9. The molecule has 2 aromatic rings. The second-order valence-electron chi connectivity index (χ2n) is 16.3. The lowest BCUT2D eigenvalue weighted by molar-refractivity contribution is -0.437. The van der Waals surface area contributed by atoms with Crippen LogP contribution >= 0.6 is 12.0 Å². The SMILES string of the molecule is CC1(C)C(/C=C/C=C/C=C2/N(CCCS(=O)(=O)O)c3cc(C(=O)NCCSOOO)cc(C(=O)NCCS(=O)(=O)O)c3C2(C)CCCS(=O)(=O)O)=[N+](CCCS(=O)(=O)O)c2cccc(C(=O)O)c21. The van der Waals surface area contributed by atoms with E-state index in [4.69, 9.17) is 5.26 Å². The molecule has 1 unspecified atom stereocenters. The first-order chi connectivity index (χ1) is 31.5. The third kappa shape index (κ3) is 15.2. The molecule has 0 bridgehead atoms. The van der Waals surface area contributed by atoms with E-state index in [0.29, 0.717) is 34.7 Å². The normalized spacial score (nSPS) is 17.9. The molecule has 2 heterocycles. The van der Waals surface area contributed by atoms with Crippen molar-refractivity contribution in [1.29, 1.82) is 0 Å². The van der Waals surface area contributed by atoms with Crippen LogP contribution in [0.2, 0.25) is 0 Å². The van der Waals surface area contributed by atoms with Gasteiger partial charge in [-0.2, -0.15) is 38.2 Å². The number of hydrogen-bond acceptors (Lipinski definition) is 16. The molecular formula is C40H53N4O19S5+.